The molecule has 3 heterocycles. The molecule has 0 bridgehead atoms. The van der Waals surface area contributed by atoms with Gasteiger partial charge in [-0.05, 0) is 19.3 Å². The van der Waals surface area contributed by atoms with E-state index in [4.69, 9.17) is 11.6 Å². The number of aryl methyl sites for hydroxylation is 1. The SMILES string of the molecule is CC(O)CC1CN(c2cc(Cl)ncc2C#Cc2cnn(C)c2)C1. The van der Waals surface area contributed by atoms with Crippen molar-refractivity contribution >= 4 is 17.3 Å². The van der Waals surface area contributed by atoms with Crippen molar-refractivity contribution in [1.82, 2.24) is 14.8 Å². The maximum Gasteiger partial charge on any atom is 0.131 e. The lowest BCUT2D eigenvalue weighted by molar-refractivity contribution is 0.150. The van der Waals surface area contributed by atoms with Gasteiger partial charge in [0.25, 0.3) is 0 Å². The summed E-state index contributed by atoms with van der Waals surface area (Å²) in [5.41, 5.74) is 2.72. The first kappa shape index (κ1) is 15.9. The molecule has 5 nitrogen and oxygen atoms in total. The Labute approximate surface area is 140 Å². The normalized spacial score (nSPS) is 15.7. The summed E-state index contributed by atoms with van der Waals surface area (Å²) in [5, 5.41) is 14.0. The third kappa shape index (κ3) is 3.84. The van der Waals surface area contributed by atoms with Crippen LogP contribution in [0.15, 0.2) is 24.7 Å². The fraction of sp³-hybridized carbons (Fsp3) is 0.412. The van der Waals surface area contributed by atoms with Gasteiger partial charge in [-0.1, -0.05) is 23.4 Å². The van der Waals surface area contributed by atoms with Gasteiger partial charge in [-0.3, -0.25) is 4.68 Å². The molecule has 0 spiro atoms. The Kier molecular flexibility index (Phi) is 4.56. The predicted octanol–water partition coefficient (Wildman–Crippen LogP) is 2.08. The fourth-order valence-electron chi connectivity index (χ4n) is 2.80. The maximum absolute atomic E-state index is 9.48. The van der Waals surface area contributed by atoms with Crippen molar-refractivity contribution < 1.29 is 5.11 Å². The second kappa shape index (κ2) is 6.61. The van der Waals surface area contributed by atoms with Gasteiger partial charge in [0.15, 0.2) is 0 Å². The van der Waals surface area contributed by atoms with Gasteiger partial charge in [0.2, 0.25) is 0 Å². The monoisotopic (exact) mass is 330 g/mol. The molecular weight excluding hydrogens is 312 g/mol. The molecule has 1 aliphatic rings. The van der Waals surface area contributed by atoms with Crippen LogP contribution in [0.2, 0.25) is 5.15 Å². The van der Waals surface area contributed by atoms with E-state index in [0.717, 1.165) is 36.3 Å². The zero-order chi connectivity index (χ0) is 16.4. The van der Waals surface area contributed by atoms with Gasteiger partial charge >= 0.3 is 0 Å². The molecule has 1 fully saturated rings. The van der Waals surface area contributed by atoms with Gasteiger partial charge < -0.3 is 10.0 Å². The Morgan fingerprint density at radius 3 is 2.83 bits per heavy atom. The van der Waals surface area contributed by atoms with Gasteiger partial charge in [0.1, 0.15) is 5.15 Å². The highest BCUT2D eigenvalue weighted by molar-refractivity contribution is 6.29. The summed E-state index contributed by atoms with van der Waals surface area (Å²) in [7, 11) is 1.86. The lowest BCUT2D eigenvalue weighted by Gasteiger charge is -2.42. The van der Waals surface area contributed by atoms with Gasteiger partial charge in [0, 0.05) is 38.6 Å². The van der Waals surface area contributed by atoms with Crippen molar-refractivity contribution in [1.29, 1.82) is 0 Å². The second-order valence-electron chi connectivity index (χ2n) is 6.03. The molecule has 0 radical (unpaired) electrons. The van der Waals surface area contributed by atoms with Crippen LogP contribution in [0.1, 0.15) is 24.5 Å². The number of hydrogen-bond donors (Lipinski definition) is 1. The average Bonchev–Trinajstić information content (AvgIpc) is 2.86. The van der Waals surface area contributed by atoms with Crippen molar-refractivity contribution in [3.05, 3.63) is 40.9 Å². The quantitative estimate of drug-likeness (QED) is 0.691. The Hall–Kier alpha value is -2.03. The summed E-state index contributed by atoms with van der Waals surface area (Å²) in [6, 6.07) is 1.85. The zero-order valence-electron chi connectivity index (χ0n) is 13.2. The fourth-order valence-corrected chi connectivity index (χ4v) is 2.95. The van der Waals surface area contributed by atoms with E-state index in [9.17, 15) is 5.11 Å². The first-order chi connectivity index (χ1) is 11.0. The Balaban J connectivity index is 1.78. The topological polar surface area (TPSA) is 54.2 Å². The molecule has 0 amide bonds. The van der Waals surface area contributed by atoms with E-state index in [1.165, 1.54) is 0 Å². The number of rotatable bonds is 3. The number of aliphatic hydroxyl groups is 1. The van der Waals surface area contributed by atoms with E-state index in [1.807, 2.05) is 26.2 Å². The lowest BCUT2D eigenvalue weighted by atomic mass is 9.93. The number of aliphatic hydroxyl groups excluding tert-OH is 1. The molecule has 6 heteroatoms. The van der Waals surface area contributed by atoms with Gasteiger partial charge in [0.05, 0.1) is 29.1 Å². The van der Waals surface area contributed by atoms with E-state index in [2.05, 4.69) is 26.8 Å². The van der Waals surface area contributed by atoms with Gasteiger partial charge in [-0.2, -0.15) is 5.10 Å². The standard InChI is InChI=1S/C17H19ClN4O/c1-12(23)5-14-10-22(11-14)16-6-17(18)19-8-15(16)4-3-13-7-20-21(2)9-13/h6-9,12,14,23H,5,10-11H2,1-2H3. The number of halogens is 1. The van der Waals surface area contributed by atoms with Crippen molar-refractivity contribution in [3.63, 3.8) is 0 Å². The third-order valence-electron chi connectivity index (χ3n) is 3.87. The van der Waals surface area contributed by atoms with Crippen molar-refractivity contribution in [2.24, 2.45) is 13.0 Å². The molecule has 0 aromatic carbocycles. The van der Waals surface area contributed by atoms with Crippen LogP contribution in [-0.4, -0.2) is 39.1 Å². The molecule has 1 aliphatic heterocycles. The summed E-state index contributed by atoms with van der Waals surface area (Å²) in [6.45, 7) is 3.65. The van der Waals surface area contributed by atoms with Crippen LogP contribution in [0.3, 0.4) is 0 Å². The van der Waals surface area contributed by atoms with Gasteiger partial charge in [-0.15, -0.1) is 0 Å². The van der Waals surface area contributed by atoms with Crippen LogP contribution in [0.25, 0.3) is 0 Å². The predicted molar refractivity (Wildman–Crippen MR) is 90.4 cm³/mol. The van der Waals surface area contributed by atoms with Crippen molar-refractivity contribution in [2.75, 3.05) is 18.0 Å². The molecule has 0 saturated carbocycles. The van der Waals surface area contributed by atoms with Crippen molar-refractivity contribution in [3.8, 4) is 11.8 Å². The zero-order valence-corrected chi connectivity index (χ0v) is 14.0. The van der Waals surface area contributed by atoms with Crippen LogP contribution in [-0.2, 0) is 7.05 Å². The minimum atomic E-state index is -0.256. The van der Waals surface area contributed by atoms with E-state index < -0.39 is 0 Å². The smallest absolute Gasteiger partial charge is 0.131 e. The third-order valence-corrected chi connectivity index (χ3v) is 4.07. The first-order valence-corrected chi connectivity index (χ1v) is 7.98. The summed E-state index contributed by atoms with van der Waals surface area (Å²) >= 11 is 6.04. The molecule has 23 heavy (non-hydrogen) atoms. The van der Waals surface area contributed by atoms with Crippen LogP contribution < -0.4 is 4.90 Å². The number of nitrogens with zero attached hydrogens (tertiary/aromatic N) is 4. The first-order valence-electron chi connectivity index (χ1n) is 7.60. The molecule has 1 saturated heterocycles. The van der Waals surface area contributed by atoms with Crippen LogP contribution >= 0.6 is 11.6 Å². The Morgan fingerprint density at radius 1 is 1.39 bits per heavy atom. The second-order valence-corrected chi connectivity index (χ2v) is 6.42. The minimum absolute atomic E-state index is 0.256. The van der Waals surface area contributed by atoms with Crippen LogP contribution in [0.4, 0.5) is 5.69 Å². The number of pyridine rings is 1. The van der Waals surface area contributed by atoms with Crippen LogP contribution in [0, 0.1) is 17.8 Å². The highest BCUT2D eigenvalue weighted by atomic mass is 35.5. The van der Waals surface area contributed by atoms with Crippen molar-refractivity contribution in [2.45, 2.75) is 19.4 Å². The molecule has 2 aromatic rings. The average molecular weight is 331 g/mol. The van der Waals surface area contributed by atoms with Crippen LogP contribution in [0.5, 0.6) is 0 Å². The summed E-state index contributed by atoms with van der Waals surface area (Å²) in [5.74, 6) is 6.78. The summed E-state index contributed by atoms with van der Waals surface area (Å²) in [4.78, 5) is 6.37. The number of aromatic nitrogens is 3. The molecule has 1 N–H and O–H groups in total. The molecular formula is C17H19ClN4O. The number of anilines is 1. The Bertz CT molecular complexity index is 753. The van der Waals surface area contributed by atoms with E-state index in [0.29, 0.717) is 11.1 Å². The van der Waals surface area contributed by atoms with E-state index >= 15 is 0 Å². The molecule has 1 atom stereocenters. The molecule has 120 valence electrons. The minimum Gasteiger partial charge on any atom is -0.393 e. The molecule has 0 aliphatic carbocycles. The Morgan fingerprint density at radius 2 is 2.17 bits per heavy atom. The maximum atomic E-state index is 9.48. The molecule has 2 aromatic heterocycles. The molecule has 3 rings (SSSR count). The highest BCUT2D eigenvalue weighted by Gasteiger charge is 2.29. The van der Waals surface area contributed by atoms with E-state index in [-0.39, 0.29) is 6.10 Å². The summed E-state index contributed by atoms with van der Waals surface area (Å²) < 4.78 is 1.72. The highest BCUT2D eigenvalue weighted by Crippen LogP contribution is 2.31. The largest absolute Gasteiger partial charge is 0.393 e. The van der Waals surface area contributed by atoms with E-state index in [1.54, 1.807) is 17.1 Å². The van der Waals surface area contributed by atoms with Gasteiger partial charge in [-0.25, -0.2) is 4.98 Å². The molecule has 1 unspecified atom stereocenters. The number of hydrogen-bond acceptors (Lipinski definition) is 4. The lowest BCUT2D eigenvalue weighted by Crippen LogP contribution is -2.48. The summed E-state index contributed by atoms with van der Waals surface area (Å²) in [6.07, 6.45) is 5.89.